The Morgan fingerprint density at radius 3 is 2.05 bits per heavy atom. The number of sulfonamides is 1. The number of nitrogens with one attached hydrogen (secondary N) is 1. The fourth-order valence-electron chi connectivity index (χ4n) is 4.50. The Morgan fingerprint density at radius 2 is 1.48 bits per heavy atom. The van der Waals surface area contributed by atoms with Crippen molar-refractivity contribution in [2.75, 3.05) is 17.1 Å². The van der Waals surface area contributed by atoms with Crippen LogP contribution in [0.2, 0.25) is 0 Å². The van der Waals surface area contributed by atoms with Crippen LogP contribution in [0.1, 0.15) is 48.6 Å². The monoisotopic (exact) mass is 563 g/mol. The molecule has 214 valence electrons. The maximum atomic E-state index is 14.2. The Morgan fingerprint density at radius 1 is 0.850 bits per heavy atom. The molecule has 2 amide bonds. The van der Waals surface area contributed by atoms with Gasteiger partial charge in [0.15, 0.2) is 0 Å². The van der Waals surface area contributed by atoms with Crippen molar-refractivity contribution < 1.29 is 18.0 Å². The van der Waals surface area contributed by atoms with Gasteiger partial charge < -0.3 is 10.2 Å². The zero-order valence-electron chi connectivity index (χ0n) is 24.6. The van der Waals surface area contributed by atoms with E-state index in [4.69, 9.17) is 0 Å². The summed E-state index contributed by atoms with van der Waals surface area (Å²) in [7, 11) is -3.81. The molecule has 0 bridgehead atoms. The molecule has 1 atom stereocenters. The topological polar surface area (TPSA) is 86.8 Å². The Kier molecular flexibility index (Phi) is 9.79. The predicted molar refractivity (Wildman–Crippen MR) is 162 cm³/mol. The minimum Gasteiger partial charge on any atom is -0.350 e. The highest BCUT2D eigenvalue weighted by atomic mass is 32.2. The van der Waals surface area contributed by atoms with Crippen molar-refractivity contribution in [1.82, 2.24) is 10.2 Å². The maximum absolute atomic E-state index is 14.2. The van der Waals surface area contributed by atoms with Crippen molar-refractivity contribution in [2.24, 2.45) is 0 Å². The fourth-order valence-corrected chi connectivity index (χ4v) is 5.40. The summed E-state index contributed by atoms with van der Waals surface area (Å²) in [5, 5.41) is 3.04. The molecule has 0 fully saturated rings. The van der Waals surface area contributed by atoms with Crippen molar-refractivity contribution in [3.8, 4) is 0 Å². The molecular weight excluding hydrogens is 522 g/mol. The van der Waals surface area contributed by atoms with Gasteiger partial charge in [-0.2, -0.15) is 0 Å². The lowest BCUT2D eigenvalue weighted by molar-refractivity contribution is -0.140. The SMILES string of the molecule is Cc1ccc(CN(C(=O)CN(c2cccc(C)c2C)S(C)(=O)=O)C(Cc2ccccc2)C(=O)NC(C)(C)C)cc1. The maximum Gasteiger partial charge on any atom is 0.244 e. The number of amides is 2. The molecule has 8 heteroatoms. The van der Waals surface area contributed by atoms with Crippen molar-refractivity contribution >= 4 is 27.5 Å². The smallest absolute Gasteiger partial charge is 0.244 e. The first-order chi connectivity index (χ1) is 18.7. The highest BCUT2D eigenvalue weighted by Gasteiger charge is 2.34. The normalized spacial score (nSPS) is 12.5. The van der Waals surface area contributed by atoms with E-state index in [1.165, 1.54) is 4.90 Å². The summed E-state index contributed by atoms with van der Waals surface area (Å²) in [5.74, 6) is -0.758. The van der Waals surface area contributed by atoms with Gasteiger partial charge in [-0.3, -0.25) is 13.9 Å². The predicted octanol–water partition coefficient (Wildman–Crippen LogP) is 4.93. The van der Waals surface area contributed by atoms with Gasteiger partial charge in [-0.05, 0) is 69.9 Å². The van der Waals surface area contributed by atoms with Gasteiger partial charge in [-0.15, -0.1) is 0 Å². The second-order valence-corrected chi connectivity index (χ2v) is 13.3. The number of aryl methyl sites for hydroxylation is 2. The zero-order chi connectivity index (χ0) is 29.7. The summed E-state index contributed by atoms with van der Waals surface area (Å²) >= 11 is 0. The molecule has 40 heavy (non-hydrogen) atoms. The summed E-state index contributed by atoms with van der Waals surface area (Å²) in [6.07, 6.45) is 1.38. The number of carbonyl (C=O) groups is 2. The fraction of sp³-hybridized carbons (Fsp3) is 0.375. The number of hydrogen-bond acceptors (Lipinski definition) is 4. The van der Waals surface area contributed by atoms with E-state index in [0.29, 0.717) is 5.69 Å². The summed E-state index contributed by atoms with van der Waals surface area (Å²) in [4.78, 5) is 29.5. The van der Waals surface area contributed by atoms with Crippen LogP contribution in [0.3, 0.4) is 0 Å². The van der Waals surface area contributed by atoms with Crippen LogP contribution < -0.4 is 9.62 Å². The van der Waals surface area contributed by atoms with Gasteiger partial charge in [0.2, 0.25) is 21.8 Å². The molecule has 1 N–H and O–H groups in total. The molecule has 1 unspecified atom stereocenters. The molecule has 0 aliphatic rings. The Hall–Kier alpha value is -3.65. The van der Waals surface area contributed by atoms with Gasteiger partial charge in [0.1, 0.15) is 12.6 Å². The number of anilines is 1. The second kappa shape index (κ2) is 12.7. The van der Waals surface area contributed by atoms with Crippen LogP contribution in [0.5, 0.6) is 0 Å². The van der Waals surface area contributed by atoms with Crippen LogP contribution in [0.15, 0.2) is 72.8 Å². The van der Waals surface area contributed by atoms with E-state index >= 15 is 0 Å². The first kappa shape index (κ1) is 30.9. The number of rotatable bonds is 10. The molecule has 7 nitrogen and oxygen atoms in total. The van der Waals surface area contributed by atoms with E-state index in [2.05, 4.69) is 5.32 Å². The van der Waals surface area contributed by atoms with Gasteiger partial charge in [0, 0.05) is 18.5 Å². The molecule has 0 aliphatic carbocycles. The highest BCUT2D eigenvalue weighted by Crippen LogP contribution is 2.26. The lowest BCUT2D eigenvalue weighted by Gasteiger charge is -2.35. The van der Waals surface area contributed by atoms with Gasteiger partial charge in [-0.25, -0.2) is 8.42 Å². The summed E-state index contributed by atoms with van der Waals surface area (Å²) in [6, 6.07) is 21.8. The summed E-state index contributed by atoms with van der Waals surface area (Å²) < 4.78 is 27.2. The van der Waals surface area contributed by atoms with E-state index in [1.54, 1.807) is 12.1 Å². The lowest BCUT2D eigenvalue weighted by atomic mass is 10.0. The average molecular weight is 564 g/mol. The zero-order valence-corrected chi connectivity index (χ0v) is 25.4. The minimum absolute atomic E-state index is 0.151. The van der Waals surface area contributed by atoms with Gasteiger partial charge in [-0.1, -0.05) is 72.3 Å². The van der Waals surface area contributed by atoms with Crippen molar-refractivity contribution in [3.63, 3.8) is 0 Å². The van der Waals surface area contributed by atoms with Gasteiger partial charge in [0.05, 0.1) is 11.9 Å². The van der Waals surface area contributed by atoms with Crippen LogP contribution in [0, 0.1) is 20.8 Å². The molecule has 0 aromatic heterocycles. The number of carbonyl (C=O) groups excluding carboxylic acids is 2. The standard InChI is InChI=1S/C32H41N3O4S/c1-23-16-18-27(19-17-23)21-34(29(31(37)33-32(4,5)6)20-26-13-9-8-10-14-26)30(36)22-35(40(7,38)39)28-15-11-12-24(2)25(28)3/h8-19,29H,20-22H2,1-7H3,(H,33,37). The molecule has 0 radical (unpaired) electrons. The van der Waals surface area contributed by atoms with Crippen LogP contribution in [0.25, 0.3) is 0 Å². The third kappa shape index (κ3) is 8.42. The molecular formula is C32H41N3O4S. The molecule has 3 aromatic rings. The first-order valence-electron chi connectivity index (χ1n) is 13.4. The van der Waals surface area contributed by atoms with Gasteiger partial charge >= 0.3 is 0 Å². The number of benzene rings is 3. The Labute approximate surface area is 239 Å². The van der Waals surface area contributed by atoms with E-state index in [1.807, 2.05) is 102 Å². The van der Waals surface area contributed by atoms with Crippen molar-refractivity contribution in [3.05, 3.63) is 101 Å². The minimum atomic E-state index is -3.81. The molecule has 0 spiro atoms. The Balaban J connectivity index is 2.09. The molecule has 3 aromatic carbocycles. The molecule has 0 saturated carbocycles. The van der Waals surface area contributed by atoms with Crippen LogP contribution in [0.4, 0.5) is 5.69 Å². The lowest BCUT2D eigenvalue weighted by Crippen LogP contribution is -2.56. The van der Waals surface area contributed by atoms with Crippen molar-refractivity contribution in [2.45, 2.75) is 66.1 Å². The van der Waals surface area contributed by atoms with Gasteiger partial charge in [0.25, 0.3) is 0 Å². The number of hydrogen-bond donors (Lipinski definition) is 1. The Bertz CT molecular complexity index is 1430. The third-order valence-electron chi connectivity index (χ3n) is 6.77. The number of nitrogens with zero attached hydrogens (tertiary/aromatic N) is 2. The largest absolute Gasteiger partial charge is 0.350 e. The van der Waals surface area contributed by atoms with Crippen LogP contribution >= 0.6 is 0 Å². The van der Waals surface area contributed by atoms with E-state index in [0.717, 1.165) is 38.4 Å². The van der Waals surface area contributed by atoms with E-state index in [-0.39, 0.29) is 18.9 Å². The third-order valence-corrected chi connectivity index (χ3v) is 7.89. The molecule has 0 aliphatic heterocycles. The molecule has 0 saturated heterocycles. The first-order valence-corrected chi connectivity index (χ1v) is 15.3. The molecule has 3 rings (SSSR count). The summed E-state index contributed by atoms with van der Waals surface area (Å²) in [5.41, 5.74) is 4.43. The second-order valence-electron chi connectivity index (χ2n) is 11.4. The van der Waals surface area contributed by atoms with E-state index in [9.17, 15) is 18.0 Å². The van der Waals surface area contributed by atoms with Crippen LogP contribution in [-0.4, -0.2) is 49.5 Å². The molecule has 0 heterocycles. The average Bonchev–Trinajstić information content (AvgIpc) is 2.86. The summed E-state index contributed by atoms with van der Waals surface area (Å²) in [6.45, 7) is 11.1. The highest BCUT2D eigenvalue weighted by molar-refractivity contribution is 7.92. The van der Waals surface area contributed by atoms with Crippen LogP contribution in [-0.2, 0) is 32.6 Å². The van der Waals surface area contributed by atoms with Crippen molar-refractivity contribution in [1.29, 1.82) is 0 Å². The van der Waals surface area contributed by atoms with E-state index < -0.39 is 34.1 Å². The quantitative estimate of drug-likeness (QED) is 0.379.